The first-order chi connectivity index (χ1) is 23.4. The lowest BCUT2D eigenvalue weighted by atomic mass is 9.96. The number of hydrogen-bond acceptors (Lipinski definition) is 8. The zero-order valence-electron chi connectivity index (χ0n) is 27.5. The van der Waals surface area contributed by atoms with Gasteiger partial charge >= 0.3 is 5.97 Å². The topological polar surface area (TPSA) is 113 Å². The number of esters is 1. The average molecular weight is 656 g/mol. The summed E-state index contributed by atoms with van der Waals surface area (Å²) < 4.78 is 30.7. The maximum absolute atomic E-state index is 12.6. The zero-order chi connectivity index (χ0) is 34.0. The number of nitrogens with one attached hydrogen (secondary N) is 1. The Morgan fingerprint density at radius 3 is 1.44 bits per heavy atom. The third-order valence-electron chi connectivity index (χ3n) is 7.59. The number of rotatable bonds is 20. The molecule has 0 saturated heterocycles. The van der Waals surface area contributed by atoms with Crippen molar-refractivity contribution in [2.75, 3.05) is 13.2 Å². The molecule has 0 aliphatic carbocycles. The lowest BCUT2D eigenvalue weighted by molar-refractivity contribution is -0.174. The van der Waals surface area contributed by atoms with Crippen molar-refractivity contribution in [1.82, 2.24) is 5.32 Å². The maximum atomic E-state index is 12.6. The second-order valence-corrected chi connectivity index (χ2v) is 11.5. The standard InChI is InChI=1S/C39H45NO8/c1-29(41)40-37(35(28-45-30(2)42)46-24-32-17-9-4-10-18-32)38(43)39(48-26-34-21-13-6-14-22-34)36(47-25-33-19-11-5-12-20-33)27-44-23-31-15-7-3-8-16-31/h3-22,35-39,43H,23-28H2,1-2H3,(H,40,41)/t35-,36+,37+,38+,39+/m0/s1. The third-order valence-corrected chi connectivity index (χ3v) is 7.59. The number of benzene rings is 4. The summed E-state index contributed by atoms with van der Waals surface area (Å²) in [7, 11) is 0. The van der Waals surface area contributed by atoms with Crippen molar-refractivity contribution < 1.29 is 38.4 Å². The summed E-state index contributed by atoms with van der Waals surface area (Å²) in [6.07, 6.45) is -4.11. The molecule has 0 aliphatic heterocycles. The second kappa shape index (κ2) is 20.1. The lowest BCUT2D eigenvalue weighted by Crippen LogP contribution is -2.60. The van der Waals surface area contributed by atoms with Gasteiger partial charge in [0.1, 0.15) is 31.0 Å². The van der Waals surface area contributed by atoms with Gasteiger partial charge in [0, 0.05) is 13.8 Å². The molecule has 4 aromatic rings. The van der Waals surface area contributed by atoms with Crippen molar-refractivity contribution in [3.05, 3.63) is 144 Å². The summed E-state index contributed by atoms with van der Waals surface area (Å²) in [5, 5.41) is 15.1. The Kier molecular flexibility index (Phi) is 15.3. The molecule has 4 rings (SSSR count). The molecule has 0 bridgehead atoms. The van der Waals surface area contributed by atoms with Crippen LogP contribution >= 0.6 is 0 Å². The molecule has 4 aromatic carbocycles. The first-order valence-corrected chi connectivity index (χ1v) is 16.1. The van der Waals surface area contributed by atoms with Crippen LogP contribution in [0.5, 0.6) is 0 Å². The van der Waals surface area contributed by atoms with Crippen molar-refractivity contribution in [3.63, 3.8) is 0 Å². The van der Waals surface area contributed by atoms with Gasteiger partial charge in [-0.3, -0.25) is 9.59 Å². The van der Waals surface area contributed by atoms with Crippen LogP contribution in [0.15, 0.2) is 121 Å². The minimum absolute atomic E-state index is 0.0739. The molecule has 2 N–H and O–H groups in total. The zero-order valence-corrected chi connectivity index (χ0v) is 27.5. The van der Waals surface area contributed by atoms with Crippen LogP contribution < -0.4 is 5.32 Å². The molecule has 0 fully saturated rings. The van der Waals surface area contributed by atoms with E-state index in [0.29, 0.717) is 6.61 Å². The summed E-state index contributed by atoms with van der Waals surface area (Å²) in [6, 6.07) is 37.4. The molecule has 9 heteroatoms. The molecule has 0 aromatic heterocycles. The molecule has 254 valence electrons. The van der Waals surface area contributed by atoms with Crippen molar-refractivity contribution in [1.29, 1.82) is 0 Å². The van der Waals surface area contributed by atoms with E-state index < -0.39 is 42.3 Å². The number of carbonyl (C=O) groups excluding carboxylic acids is 2. The monoisotopic (exact) mass is 655 g/mol. The maximum Gasteiger partial charge on any atom is 0.302 e. The van der Waals surface area contributed by atoms with Crippen LogP contribution in [0, 0.1) is 0 Å². The Hall–Kier alpha value is -4.38. The molecular formula is C39H45NO8. The van der Waals surface area contributed by atoms with Gasteiger partial charge in [0.05, 0.1) is 39.1 Å². The van der Waals surface area contributed by atoms with Crippen molar-refractivity contribution in [2.24, 2.45) is 0 Å². The molecule has 0 aliphatic rings. The van der Waals surface area contributed by atoms with Crippen LogP contribution in [0.1, 0.15) is 36.1 Å². The van der Waals surface area contributed by atoms with Crippen LogP contribution in [0.3, 0.4) is 0 Å². The molecule has 0 saturated carbocycles. The number of ether oxygens (including phenoxy) is 5. The SMILES string of the molecule is CC(=O)N[C@@H]([C@@H](O)[C@H](OCc1ccccc1)[C@@H](COCc1ccccc1)OCc1ccccc1)[C@H](COC(C)=O)OCc1ccccc1. The van der Waals surface area contributed by atoms with Gasteiger partial charge in [-0.15, -0.1) is 0 Å². The average Bonchev–Trinajstić information content (AvgIpc) is 3.11. The Morgan fingerprint density at radius 1 is 0.583 bits per heavy atom. The summed E-state index contributed by atoms with van der Waals surface area (Å²) in [5.41, 5.74) is 3.67. The van der Waals surface area contributed by atoms with Gasteiger partial charge in [0.25, 0.3) is 0 Å². The van der Waals surface area contributed by atoms with E-state index in [1.54, 1.807) is 0 Å². The fraction of sp³-hybridized carbons (Fsp3) is 0.333. The van der Waals surface area contributed by atoms with E-state index in [4.69, 9.17) is 23.7 Å². The van der Waals surface area contributed by atoms with E-state index in [2.05, 4.69) is 5.32 Å². The molecular weight excluding hydrogens is 610 g/mol. The Bertz CT molecular complexity index is 1470. The smallest absolute Gasteiger partial charge is 0.302 e. The highest BCUT2D eigenvalue weighted by molar-refractivity contribution is 5.73. The molecule has 0 radical (unpaired) electrons. The number of amides is 1. The second-order valence-electron chi connectivity index (χ2n) is 11.5. The van der Waals surface area contributed by atoms with Crippen LogP contribution in [-0.2, 0) is 59.7 Å². The highest BCUT2D eigenvalue weighted by atomic mass is 16.6. The van der Waals surface area contributed by atoms with E-state index in [1.165, 1.54) is 13.8 Å². The highest BCUT2D eigenvalue weighted by Gasteiger charge is 2.41. The summed E-state index contributed by atoms with van der Waals surface area (Å²) in [5.74, 6) is -0.922. The number of carbonyl (C=O) groups is 2. The van der Waals surface area contributed by atoms with Crippen LogP contribution in [0.25, 0.3) is 0 Å². The number of hydrogen-bond donors (Lipinski definition) is 2. The Balaban J connectivity index is 1.65. The predicted octanol–water partition coefficient (Wildman–Crippen LogP) is 5.39. The molecule has 9 nitrogen and oxygen atoms in total. The van der Waals surface area contributed by atoms with E-state index in [0.717, 1.165) is 22.3 Å². The molecule has 1 amide bonds. The normalized spacial score (nSPS) is 14.3. The van der Waals surface area contributed by atoms with Gasteiger partial charge in [0.2, 0.25) is 5.91 Å². The van der Waals surface area contributed by atoms with Crippen LogP contribution in [0.4, 0.5) is 0 Å². The predicted molar refractivity (Wildman–Crippen MR) is 181 cm³/mol. The van der Waals surface area contributed by atoms with Crippen molar-refractivity contribution >= 4 is 11.9 Å². The molecule has 48 heavy (non-hydrogen) atoms. The van der Waals surface area contributed by atoms with Crippen LogP contribution in [0.2, 0.25) is 0 Å². The number of aliphatic hydroxyl groups is 1. The first-order valence-electron chi connectivity index (χ1n) is 16.1. The number of aliphatic hydroxyl groups excluding tert-OH is 1. The van der Waals surface area contributed by atoms with Gasteiger partial charge in [-0.25, -0.2) is 0 Å². The van der Waals surface area contributed by atoms with Gasteiger partial charge in [-0.05, 0) is 22.3 Å². The van der Waals surface area contributed by atoms with Crippen molar-refractivity contribution in [3.8, 4) is 0 Å². The summed E-state index contributed by atoms with van der Waals surface area (Å²) >= 11 is 0. The summed E-state index contributed by atoms with van der Waals surface area (Å²) in [6.45, 7) is 3.35. The fourth-order valence-corrected chi connectivity index (χ4v) is 5.14. The van der Waals surface area contributed by atoms with E-state index in [1.807, 2.05) is 121 Å². The lowest BCUT2D eigenvalue weighted by Gasteiger charge is -2.38. The Morgan fingerprint density at radius 2 is 1.00 bits per heavy atom. The quantitative estimate of drug-likeness (QED) is 0.122. The van der Waals surface area contributed by atoms with E-state index in [-0.39, 0.29) is 33.0 Å². The van der Waals surface area contributed by atoms with Gasteiger partial charge in [0.15, 0.2) is 0 Å². The molecule has 5 atom stereocenters. The third kappa shape index (κ3) is 12.7. The Labute approximate surface area is 282 Å². The van der Waals surface area contributed by atoms with E-state index >= 15 is 0 Å². The minimum Gasteiger partial charge on any atom is -0.463 e. The van der Waals surface area contributed by atoms with Crippen LogP contribution in [-0.4, -0.2) is 60.7 Å². The fourth-order valence-electron chi connectivity index (χ4n) is 5.14. The highest BCUT2D eigenvalue weighted by Crippen LogP contribution is 2.22. The minimum atomic E-state index is -1.38. The first kappa shape index (κ1) is 36.5. The molecule has 0 spiro atoms. The van der Waals surface area contributed by atoms with Crippen molar-refractivity contribution in [2.45, 2.75) is 70.7 Å². The van der Waals surface area contributed by atoms with Gasteiger partial charge in [-0.1, -0.05) is 121 Å². The molecule has 0 unspecified atom stereocenters. The van der Waals surface area contributed by atoms with Gasteiger partial charge in [-0.2, -0.15) is 0 Å². The van der Waals surface area contributed by atoms with E-state index in [9.17, 15) is 14.7 Å². The largest absolute Gasteiger partial charge is 0.463 e. The van der Waals surface area contributed by atoms with Gasteiger partial charge < -0.3 is 34.1 Å². The summed E-state index contributed by atoms with van der Waals surface area (Å²) in [4.78, 5) is 24.5. The molecule has 0 heterocycles.